The highest BCUT2D eigenvalue weighted by atomic mass is 127. The Bertz CT molecular complexity index is 859. The molecular weight excluding hydrogens is 499 g/mol. The van der Waals surface area contributed by atoms with Crippen LogP contribution in [0.3, 0.4) is 0 Å². The summed E-state index contributed by atoms with van der Waals surface area (Å²) in [5.41, 5.74) is 3.56. The summed E-state index contributed by atoms with van der Waals surface area (Å²) in [6.45, 7) is 6.74. The molecule has 3 heterocycles. The van der Waals surface area contributed by atoms with Gasteiger partial charge in [-0.3, -0.25) is 14.5 Å². The van der Waals surface area contributed by atoms with Gasteiger partial charge in [0.2, 0.25) is 5.91 Å². The van der Waals surface area contributed by atoms with Gasteiger partial charge >= 0.3 is 0 Å². The number of nitrogens with one attached hydrogen (secondary N) is 1. The minimum absolute atomic E-state index is 0. The van der Waals surface area contributed by atoms with Crippen LogP contribution in [0.1, 0.15) is 41.5 Å². The molecule has 0 spiro atoms. The maximum absolute atomic E-state index is 12.7. The molecule has 1 N–H and O–H groups in total. The average molecular weight is 530 g/mol. The maximum atomic E-state index is 12.7. The molecule has 0 saturated carbocycles. The van der Waals surface area contributed by atoms with Crippen molar-refractivity contribution in [3.63, 3.8) is 0 Å². The number of amides is 1. The fourth-order valence-electron chi connectivity index (χ4n) is 3.61. The van der Waals surface area contributed by atoms with E-state index in [9.17, 15) is 4.79 Å². The van der Waals surface area contributed by atoms with E-state index in [1.54, 1.807) is 18.4 Å². The number of carbonyl (C=O) groups excluding carboxylic acids is 1. The first kappa shape index (κ1) is 23.7. The monoisotopic (exact) mass is 530 g/mol. The number of nitrogens with zero attached hydrogens (tertiary/aromatic N) is 5. The number of hydrogen-bond donors (Lipinski definition) is 1. The van der Waals surface area contributed by atoms with Crippen molar-refractivity contribution in [3.05, 3.63) is 39.3 Å². The lowest BCUT2D eigenvalue weighted by Crippen LogP contribution is -2.46. The molecule has 2 aromatic heterocycles. The molecule has 1 aliphatic heterocycles. The van der Waals surface area contributed by atoms with Crippen LogP contribution >= 0.6 is 35.3 Å². The largest absolute Gasteiger partial charge is 0.347 e. The van der Waals surface area contributed by atoms with Gasteiger partial charge in [-0.2, -0.15) is 5.10 Å². The van der Waals surface area contributed by atoms with Gasteiger partial charge in [-0.05, 0) is 29.3 Å². The molecule has 7 nitrogen and oxygen atoms in total. The van der Waals surface area contributed by atoms with Crippen LogP contribution in [0.15, 0.2) is 22.6 Å². The summed E-state index contributed by atoms with van der Waals surface area (Å²) in [7, 11) is 5.67. The van der Waals surface area contributed by atoms with Crippen LogP contribution in [0.5, 0.6) is 0 Å². The lowest BCUT2D eigenvalue weighted by atomic mass is 10.1. The van der Waals surface area contributed by atoms with Crippen LogP contribution in [0.4, 0.5) is 0 Å². The van der Waals surface area contributed by atoms with Gasteiger partial charge in [0.25, 0.3) is 0 Å². The summed E-state index contributed by atoms with van der Waals surface area (Å²) >= 11 is 1.78. The second-order valence-electron chi connectivity index (χ2n) is 7.56. The van der Waals surface area contributed by atoms with Crippen LogP contribution in [-0.2, 0) is 31.4 Å². The van der Waals surface area contributed by atoms with Crippen molar-refractivity contribution < 1.29 is 4.79 Å². The minimum atomic E-state index is 0. The molecule has 0 saturated heterocycles. The Labute approximate surface area is 194 Å². The van der Waals surface area contributed by atoms with Crippen molar-refractivity contribution in [2.24, 2.45) is 12.0 Å². The van der Waals surface area contributed by atoms with Gasteiger partial charge in [-0.1, -0.05) is 13.8 Å². The van der Waals surface area contributed by atoms with Gasteiger partial charge in [0, 0.05) is 57.4 Å². The van der Waals surface area contributed by atoms with E-state index in [4.69, 9.17) is 0 Å². The molecule has 0 fully saturated rings. The normalized spacial score (nSPS) is 13.9. The van der Waals surface area contributed by atoms with E-state index in [1.165, 1.54) is 16.0 Å². The van der Waals surface area contributed by atoms with Crippen molar-refractivity contribution in [1.82, 2.24) is 24.9 Å². The summed E-state index contributed by atoms with van der Waals surface area (Å²) in [4.78, 5) is 22.4. The van der Waals surface area contributed by atoms with Crippen molar-refractivity contribution >= 4 is 47.2 Å². The molecule has 0 atom stereocenters. The van der Waals surface area contributed by atoms with Crippen LogP contribution in [0, 0.1) is 0 Å². The van der Waals surface area contributed by atoms with Crippen molar-refractivity contribution in [2.75, 3.05) is 27.2 Å². The van der Waals surface area contributed by atoms with Crippen LogP contribution in [-0.4, -0.2) is 58.6 Å². The maximum Gasteiger partial charge on any atom is 0.242 e. The second kappa shape index (κ2) is 10.4. The summed E-state index contributed by atoms with van der Waals surface area (Å²) in [5, 5.41) is 9.90. The Hall–Kier alpha value is -1.62. The lowest BCUT2D eigenvalue weighted by molar-refractivity contribution is -0.130. The number of guanidine groups is 1. The number of aliphatic imine (C=N–C) groups is 1. The first-order valence-corrected chi connectivity index (χ1v) is 10.5. The fourth-order valence-corrected chi connectivity index (χ4v) is 4.50. The van der Waals surface area contributed by atoms with Crippen LogP contribution < -0.4 is 5.32 Å². The van der Waals surface area contributed by atoms with Gasteiger partial charge in [0.15, 0.2) is 5.96 Å². The van der Waals surface area contributed by atoms with E-state index in [0.29, 0.717) is 25.0 Å². The molecule has 3 rings (SSSR count). The third kappa shape index (κ3) is 5.71. The SMILES string of the molecule is CN=C(NCC(=O)N1CCc2sccc2C1)N(C)Cc1cn(C)nc1C(C)C.I. The summed E-state index contributed by atoms with van der Waals surface area (Å²) in [6, 6.07) is 2.12. The second-order valence-corrected chi connectivity index (χ2v) is 8.56. The van der Waals surface area contributed by atoms with E-state index in [0.717, 1.165) is 18.7 Å². The zero-order valence-corrected chi connectivity index (χ0v) is 21.0. The third-order valence-electron chi connectivity index (χ3n) is 5.02. The zero-order valence-electron chi connectivity index (χ0n) is 17.8. The van der Waals surface area contributed by atoms with Gasteiger partial charge < -0.3 is 15.1 Å². The van der Waals surface area contributed by atoms with Gasteiger partial charge in [-0.15, -0.1) is 35.3 Å². The van der Waals surface area contributed by atoms with E-state index in [2.05, 4.69) is 46.9 Å². The lowest BCUT2D eigenvalue weighted by Gasteiger charge is -2.28. The number of thiophene rings is 1. The quantitative estimate of drug-likeness (QED) is 0.367. The number of fused-ring (bicyclic) bond motifs is 1. The van der Waals surface area contributed by atoms with E-state index >= 15 is 0 Å². The molecule has 160 valence electrons. The Balaban J connectivity index is 0.00000300. The van der Waals surface area contributed by atoms with E-state index < -0.39 is 0 Å². The first-order valence-electron chi connectivity index (χ1n) is 9.66. The van der Waals surface area contributed by atoms with E-state index in [1.807, 2.05) is 28.6 Å². The van der Waals surface area contributed by atoms with E-state index in [-0.39, 0.29) is 36.4 Å². The molecule has 0 unspecified atom stereocenters. The Morgan fingerprint density at radius 3 is 2.90 bits per heavy atom. The molecule has 9 heteroatoms. The third-order valence-corrected chi connectivity index (χ3v) is 6.05. The van der Waals surface area contributed by atoms with Crippen molar-refractivity contribution in [1.29, 1.82) is 0 Å². The Morgan fingerprint density at radius 1 is 1.45 bits per heavy atom. The average Bonchev–Trinajstić information content (AvgIpc) is 3.27. The number of carbonyl (C=O) groups is 1. The highest BCUT2D eigenvalue weighted by molar-refractivity contribution is 14.0. The van der Waals surface area contributed by atoms with Crippen molar-refractivity contribution in [2.45, 2.75) is 39.3 Å². The Morgan fingerprint density at radius 2 is 2.21 bits per heavy atom. The number of rotatable bonds is 5. The molecule has 1 aliphatic rings. The van der Waals surface area contributed by atoms with Gasteiger partial charge in [-0.25, -0.2) is 0 Å². The number of halogens is 1. The van der Waals surface area contributed by atoms with Crippen LogP contribution in [0.2, 0.25) is 0 Å². The number of hydrogen-bond acceptors (Lipinski definition) is 4. The molecule has 0 aromatic carbocycles. The highest BCUT2D eigenvalue weighted by Crippen LogP contribution is 2.24. The van der Waals surface area contributed by atoms with Crippen LogP contribution in [0.25, 0.3) is 0 Å². The predicted molar refractivity (Wildman–Crippen MR) is 129 cm³/mol. The van der Waals surface area contributed by atoms with Gasteiger partial charge in [0.1, 0.15) is 0 Å². The number of aromatic nitrogens is 2. The summed E-state index contributed by atoms with van der Waals surface area (Å²) < 4.78 is 1.85. The van der Waals surface area contributed by atoms with Crippen molar-refractivity contribution in [3.8, 4) is 0 Å². The molecule has 0 aliphatic carbocycles. The Kier molecular flexibility index (Phi) is 8.50. The summed E-state index contributed by atoms with van der Waals surface area (Å²) in [6.07, 6.45) is 3.00. The molecule has 2 aromatic rings. The first-order chi connectivity index (χ1) is 13.4. The van der Waals surface area contributed by atoms with Gasteiger partial charge in [0.05, 0.1) is 12.2 Å². The summed E-state index contributed by atoms with van der Waals surface area (Å²) in [5.74, 6) is 1.18. The fraction of sp³-hybridized carbons (Fsp3) is 0.550. The predicted octanol–water partition coefficient (Wildman–Crippen LogP) is 2.82. The number of aryl methyl sites for hydroxylation is 1. The smallest absolute Gasteiger partial charge is 0.242 e. The minimum Gasteiger partial charge on any atom is -0.347 e. The molecular formula is C20H31IN6OS. The standard InChI is InChI=1S/C20H30N6OS.HI/c1-14(2)19-16(12-25(5)23-19)11-24(4)20(21-3)22-10-18(27)26-8-6-17-15(13-26)7-9-28-17;/h7,9,12,14H,6,8,10-11,13H2,1-5H3,(H,21,22);1H. The molecule has 0 bridgehead atoms. The topological polar surface area (TPSA) is 65.8 Å². The zero-order chi connectivity index (χ0) is 20.3. The highest BCUT2D eigenvalue weighted by Gasteiger charge is 2.22. The molecule has 29 heavy (non-hydrogen) atoms. The molecule has 0 radical (unpaired) electrons. The molecule has 1 amide bonds.